The van der Waals surface area contributed by atoms with Crippen LogP contribution < -0.4 is 5.56 Å². The van der Waals surface area contributed by atoms with Crippen molar-refractivity contribution in [3.05, 3.63) is 67.8 Å². The minimum atomic E-state index is -1.87. The van der Waals surface area contributed by atoms with Crippen LogP contribution >= 0.6 is 0 Å². The summed E-state index contributed by atoms with van der Waals surface area (Å²) in [5.41, 5.74) is 4.84. The average molecular weight is 446 g/mol. The van der Waals surface area contributed by atoms with Crippen LogP contribution in [0.4, 0.5) is 4.39 Å². The molecule has 1 atom stereocenters. The lowest BCUT2D eigenvalue weighted by Crippen LogP contribution is -2.44. The fraction of sp³-hybridized carbons (Fsp3) is 0.346. The van der Waals surface area contributed by atoms with Gasteiger partial charge in [-0.2, -0.15) is 0 Å². The highest BCUT2D eigenvalue weighted by Crippen LogP contribution is 2.46. The van der Waals surface area contributed by atoms with Crippen LogP contribution in [0.5, 0.6) is 0 Å². The maximum atomic E-state index is 14.8. The first-order valence-electron chi connectivity index (χ1n) is 11.3. The Balaban J connectivity index is 1.72. The maximum absolute atomic E-state index is 14.8. The number of esters is 1. The van der Waals surface area contributed by atoms with E-state index in [4.69, 9.17) is 9.72 Å². The second-order valence-electron chi connectivity index (χ2n) is 9.09. The third-order valence-corrected chi connectivity index (χ3v) is 7.62. The fourth-order valence-electron chi connectivity index (χ4n) is 5.73. The van der Waals surface area contributed by atoms with Crippen LogP contribution in [0, 0.1) is 12.7 Å². The van der Waals surface area contributed by atoms with Gasteiger partial charge in [0.15, 0.2) is 5.60 Å². The van der Waals surface area contributed by atoms with E-state index in [2.05, 4.69) is 6.08 Å². The van der Waals surface area contributed by atoms with Gasteiger partial charge in [-0.15, -0.1) is 0 Å². The number of hydrogen-bond donors (Lipinski definition) is 1. The summed E-state index contributed by atoms with van der Waals surface area (Å²) >= 11 is 0. The minimum absolute atomic E-state index is 0.0849. The molecule has 1 aromatic carbocycles. The molecule has 6 rings (SSSR count). The summed E-state index contributed by atoms with van der Waals surface area (Å²) < 4.78 is 21.5. The zero-order valence-corrected chi connectivity index (χ0v) is 18.7. The zero-order valence-electron chi connectivity index (χ0n) is 18.7. The van der Waals surface area contributed by atoms with Gasteiger partial charge in [0.1, 0.15) is 12.4 Å². The highest BCUT2D eigenvalue weighted by Gasteiger charge is 2.45. The standard InChI is InChI=1S/C26H23FN2O4/c1-4-13-6-7-14-12(3)18(27)9-19-22(14)21(13)15-10-29-20(23(15)28-19)8-17-16(24(29)30)11-33-25(31)26(17,32)5-2/h4,8-9,32H,5-7,10-11H2,1-3H3/b13-4-/t26-/m0/s1. The van der Waals surface area contributed by atoms with E-state index in [1.165, 1.54) is 6.07 Å². The molecule has 2 aliphatic heterocycles. The highest BCUT2D eigenvalue weighted by atomic mass is 19.1. The molecule has 4 heterocycles. The number of aliphatic hydroxyl groups is 1. The molecular weight excluding hydrogens is 423 g/mol. The molecule has 0 bridgehead atoms. The van der Waals surface area contributed by atoms with E-state index < -0.39 is 11.6 Å². The number of hydrogen-bond acceptors (Lipinski definition) is 5. The number of fused-ring (bicyclic) bond motifs is 5. The Morgan fingerprint density at radius 2 is 2.03 bits per heavy atom. The number of cyclic esters (lactones) is 1. The maximum Gasteiger partial charge on any atom is 0.343 e. The molecule has 7 heteroatoms. The number of rotatable bonds is 1. The van der Waals surface area contributed by atoms with Gasteiger partial charge in [-0.1, -0.05) is 13.0 Å². The summed E-state index contributed by atoms with van der Waals surface area (Å²) in [5.74, 6) is -1.04. The number of allylic oxidation sites excluding steroid dienone is 2. The molecule has 2 aromatic heterocycles. The van der Waals surface area contributed by atoms with Gasteiger partial charge < -0.3 is 14.4 Å². The zero-order chi connectivity index (χ0) is 23.2. The first kappa shape index (κ1) is 20.3. The Kier molecular flexibility index (Phi) is 4.06. The van der Waals surface area contributed by atoms with Crippen molar-refractivity contribution in [2.24, 2.45) is 0 Å². The van der Waals surface area contributed by atoms with Gasteiger partial charge in [0.25, 0.3) is 5.56 Å². The number of ether oxygens (including phenoxy) is 1. The molecule has 1 N–H and O–H groups in total. The summed E-state index contributed by atoms with van der Waals surface area (Å²) in [7, 11) is 0. The van der Waals surface area contributed by atoms with Gasteiger partial charge in [-0.05, 0) is 61.4 Å². The largest absolute Gasteiger partial charge is 0.458 e. The van der Waals surface area contributed by atoms with E-state index in [9.17, 15) is 19.1 Å². The first-order chi connectivity index (χ1) is 15.8. The molecule has 0 unspecified atom stereocenters. The van der Waals surface area contributed by atoms with Gasteiger partial charge in [0, 0.05) is 22.6 Å². The molecular formula is C26H23FN2O4. The fourth-order valence-corrected chi connectivity index (χ4v) is 5.73. The number of aromatic nitrogens is 2. The Morgan fingerprint density at radius 3 is 2.76 bits per heavy atom. The monoisotopic (exact) mass is 446 g/mol. The molecule has 3 aromatic rings. The Morgan fingerprint density at radius 1 is 1.24 bits per heavy atom. The Labute approximate surface area is 189 Å². The summed E-state index contributed by atoms with van der Waals surface area (Å²) in [4.78, 5) is 30.7. The van der Waals surface area contributed by atoms with Crippen molar-refractivity contribution in [1.29, 1.82) is 0 Å². The Hall–Kier alpha value is -3.32. The molecule has 0 radical (unpaired) electrons. The first-order valence-corrected chi connectivity index (χ1v) is 11.3. The van der Waals surface area contributed by atoms with E-state index >= 15 is 0 Å². The van der Waals surface area contributed by atoms with Crippen LogP contribution in [-0.4, -0.2) is 20.6 Å². The quantitative estimate of drug-likeness (QED) is 0.449. The van der Waals surface area contributed by atoms with Crippen LogP contribution in [0.2, 0.25) is 0 Å². The molecule has 6 nitrogen and oxygen atoms in total. The van der Waals surface area contributed by atoms with Crippen molar-refractivity contribution in [1.82, 2.24) is 9.55 Å². The third-order valence-electron chi connectivity index (χ3n) is 7.62. The normalized spacial score (nSPS) is 21.7. The van der Waals surface area contributed by atoms with Crippen LogP contribution in [-0.2, 0) is 34.7 Å². The molecule has 3 aliphatic rings. The third kappa shape index (κ3) is 2.43. The van der Waals surface area contributed by atoms with E-state index in [1.54, 1.807) is 24.5 Å². The van der Waals surface area contributed by atoms with Gasteiger partial charge >= 0.3 is 5.97 Å². The number of halogens is 1. The summed E-state index contributed by atoms with van der Waals surface area (Å²) in [6.45, 7) is 5.64. The average Bonchev–Trinajstić information content (AvgIpc) is 3.18. The van der Waals surface area contributed by atoms with E-state index in [0.29, 0.717) is 34.6 Å². The van der Waals surface area contributed by atoms with E-state index in [0.717, 1.165) is 40.5 Å². The highest BCUT2D eigenvalue weighted by molar-refractivity contribution is 6.01. The van der Waals surface area contributed by atoms with Gasteiger partial charge in [0.05, 0.1) is 29.0 Å². The SMILES string of the molecule is C/C=C1/CCc2c(C)c(F)cc3nc4c(c1c23)Cn1c-4cc2c(c1=O)COC(=O)[C@]2(O)CC. The lowest BCUT2D eigenvalue weighted by Gasteiger charge is -2.31. The molecule has 1 aliphatic carbocycles. The molecule has 0 saturated carbocycles. The second-order valence-corrected chi connectivity index (χ2v) is 9.09. The van der Waals surface area contributed by atoms with Crippen LogP contribution in [0.1, 0.15) is 60.1 Å². The van der Waals surface area contributed by atoms with Crippen LogP contribution in [0.3, 0.4) is 0 Å². The van der Waals surface area contributed by atoms with Crippen molar-refractivity contribution in [2.75, 3.05) is 0 Å². The number of carbonyl (C=O) groups excluding carboxylic acids is 1. The van der Waals surface area contributed by atoms with Crippen molar-refractivity contribution in [2.45, 2.75) is 58.8 Å². The minimum Gasteiger partial charge on any atom is -0.458 e. The summed E-state index contributed by atoms with van der Waals surface area (Å²) in [6.07, 6.45) is 3.70. The summed E-state index contributed by atoms with van der Waals surface area (Å²) in [5, 5.41) is 12.0. The predicted octanol–water partition coefficient (Wildman–Crippen LogP) is 3.88. The molecule has 0 amide bonds. The molecule has 0 fully saturated rings. The second kappa shape index (κ2) is 6.60. The Bertz CT molecular complexity index is 1520. The molecule has 168 valence electrons. The number of carbonyl (C=O) groups is 1. The van der Waals surface area contributed by atoms with Gasteiger partial charge in [-0.25, -0.2) is 14.2 Å². The van der Waals surface area contributed by atoms with Crippen LogP contribution in [0.15, 0.2) is 23.0 Å². The van der Waals surface area contributed by atoms with Crippen LogP contribution in [0.25, 0.3) is 27.9 Å². The van der Waals surface area contributed by atoms with E-state index in [-0.39, 0.29) is 30.0 Å². The van der Waals surface area contributed by atoms with E-state index in [1.807, 2.05) is 6.92 Å². The lowest BCUT2D eigenvalue weighted by molar-refractivity contribution is -0.172. The predicted molar refractivity (Wildman–Crippen MR) is 121 cm³/mol. The molecule has 0 saturated heterocycles. The number of aryl methyl sites for hydroxylation is 1. The molecule has 0 spiro atoms. The molecule has 33 heavy (non-hydrogen) atoms. The van der Waals surface area contributed by atoms with Crippen molar-refractivity contribution < 1.29 is 19.0 Å². The van der Waals surface area contributed by atoms with Crippen molar-refractivity contribution in [3.63, 3.8) is 0 Å². The van der Waals surface area contributed by atoms with Crippen molar-refractivity contribution >= 4 is 22.4 Å². The number of pyridine rings is 2. The van der Waals surface area contributed by atoms with Gasteiger partial charge in [-0.3, -0.25) is 4.79 Å². The summed E-state index contributed by atoms with van der Waals surface area (Å²) in [6, 6.07) is 3.16. The lowest BCUT2D eigenvalue weighted by atomic mass is 9.81. The van der Waals surface area contributed by atoms with Gasteiger partial charge in [0.2, 0.25) is 0 Å². The smallest absolute Gasteiger partial charge is 0.343 e. The topological polar surface area (TPSA) is 81.4 Å². The number of benzene rings is 1. The number of nitrogens with zero attached hydrogens (tertiary/aromatic N) is 2. The van der Waals surface area contributed by atoms with Crippen molar-refractivity contribution in [3.8, 4) is 11.4 Å².